The quantitative estimate of drug-likeness (QED) is 0.215. The SMILES string of the molecule is Fc1ccc2c(ccc3c(-c4cc(C(F)(F)F)c5ccccc5c4)nccc32)c1. The highest BCUT2D eigenvalue weighted by Crippen LogP contribution is 2.39. The summed E-state index contributed by atoms with van der Waals surface area (Å²) in [5.41, 5.74) is 0.167. The van der Waals surface area contributed by atoms with Gasteiger partial charge in [-0.25, -0.2) is 4.39 Å². The first-order valence-corrected chi connectivity index (χ1v) is 8.99. The Hall–Kier alpha value is -3.47. The van der Waals surface area contributed by atoms with Gasteiger partial charge in [-0.05, 0) is 57.3 Å². The predicted molar refractivity (Wildman–Crippen MR) is 107 cm³/mol. The lowest BCUT2D eigenvalue weighted by molar-refractivity contribution is -0.136. The number of hydrogen-bond acceptors (Lipinski definition) is 1. The van der Waals surface area contributed by atoms with E-state index in [2.05, 4.69) is 4.98 Å². The maximum atomic E-state index is 13.7. The van der Waals surface area contributed by atoms with Crippen LogP contribution in [0.25, 0.3) is 43.6 Å². The Kier molecular flexibility index (Phi) is 3.81. The van der Waals surface area contributed by atoms with E-state index in [1.54, 1.807) is 54.7 Å². The smallest absolute Gasteiger partial charge is 0.256 e. The topological polar surface area (TPSA) is 12.9 Å². The number of nitrogens with zero attached hydrogens (tertiary/aromatic N) is 1. The summed E-state index contributed by atoms with van der Waals surface area (Å²) in [5, 5.41) is 3.74. The number of fused-ring (bicyclic) bond motifs is 4. The monoisotopic (exact) mass is 391 g/mol. The summed E-state index contributed by atoms with van der Waals surface area (Å²) in [7, 11) is 0. The van der Waals surface area contributed by atoms with E-state index in [-0.39, 0.29) is 11.2 Å². The van der Waals surface area contributed by atoms with Crippen molar-refractivity contribution in [3.63, 3.8) is 0 Å². The molecule has 1 aromatic heterocycles. The van der Waals surface area contributed by atoms with Crippen LogP contribution in [0.2, 0.25) is 0 Å². The van der Waals surface area contributed by atoms with E-state index < -0.39 is 11.7 Å². The Labute approximate surface area is 163 Å². The molecule has 0 aliphatic carbocycles. The zero-order valence-electron chi connectivity index (χ0n) is 15.0. The molecule has 5 heteroatoms. The minimum absolute atomic E-state index is 0.157. The lowest BCUT2D eigenvalue weighted by Gasteiger charge is -2.14. The summed E-state index contributed by atoms with van der Waals surface area (Å²) in [6.45, 7) is 0. The van der Waals surface area contributed by atoms with Gasteiger partial charge in [-0.15, -0.1) is 0 Å². The molecule has 0 unspecified atom stereocenters. The first-order chi connectivity index (χ1) is 13.9. The zero-order valence-corrected chi connectivity index (χ0v) is 15.0. The summed E-state index contributed by atoms with van der Waals surface area (Å²) in [6, 6.07) is 19.1. The van der Waals surface area contributed by atoms with E-state index in [1.807, 2.05) is 0 Å². The minimum Gasteiger partial charge on any atom is -0.256 e. The molecule has 0 N–H and O–H groups in total. The van der Waals surface area contributed by atoms with E-state index in [4.69, 9.17) is 0 Å². The summed E-state index contributed by atoms with van der Waals surface area (Å²) < 4.78 is 54.7. The van der Waals surface area contributed by atoms with Gasteiger partial charge < -0.3 is 0 Å². The molecular formula is C24H13F4N. The van der Waals surface area contributed by atoms with Gasteiger partial charge in [0.1, 0.15) is 5.82 Å². The number of pyridine rings is 1. The molecule has 1 nitrogen and oxygen atoms in total. The molecule has 1 heterocycles. The van der Waals surface area contributed by atoms with E-state index in [1.165, 1.54) is 18.2 Å². The summed E-state index contributed by atoms with van der Waals surface area (Å²) in [4.78, 5) is 4.39. The van der Waals surface area contributed by atoms with E-state index in [0.717, 1.165) is 27.6 Å². The Morgan fingerprint density at radius 1 is 0.655 bits per heavy atom. The molecule has 0 spiro atoms. The van der Waals surface area contributed by atoms with Crippen LogP contribution in [0.1, 0.15) is 5.56 Å². The van der Waals surface area contributed by atoms with Crippen LogP contribution in [-0.2, 0) is 6.18 Å². The van der Waals surface area contributed by atoms with Crippen LogP contribution in [0, 0.1) is 5.82 Å². The van der Waals surface area contributed by atoms with Gasteiger partial charge in [0, 0.05) is 17.1 Å². The Balaban J connectivity index is 1.84. The van der Waals surface area contributed by atoms with Gasteiger partial charge in [-0.3, -0.25) is 4.98 Å². The highest BCUT2D eigenvalue weighted by molar-refractivity contribution is 6.11. The van der Waals surface area contributed by atoms with Gasteiger partial charge >= 0.3 is 6.18 Å². The standard InChI is InChI=1S/C24H13F4N/c25-17-6-8-18-15(12-17)5-7-21-20(18)9-10-29-23(21)16-11-14-3-1-2-4-19(14)22(13-16)24(26,27)28/h1-13H. The Morgan fingerprint density at radius 2 is 1.41 bits per heavy atom. The van der Waals surface area contributed by atoms with Crippen molar-refractivity contribution in [2.45, 2.75) is 6.18 Å². The van der Waals surface area contributed by atoms with Crippen LogP contribution in [0.15, 0.2) is 79.0 Å². The molecule has 0 aliphatic rings. The van der Waals surface area contributed by atoms with Gasteiger partial charge in [-0.2, -0.15) is 13.2 Å². The number of hydrogen-bond donors (Lipinski definition) is 0. The van der Waals surface area contributed by atoms with Crippen LogP contribution in [-0.4, -0.2) is 4.98 Å². The van der Waals surface area contributed by atoms with Crippen molar-refractivity contribution in [3.8, 4) is 11.3 Å². The fraction of sp³-hybridized carbons (Fsp3) is 0.0417. The average molecular weight is 391 g/mol. The van der Waals surface area contributed by atoms with Crippen LogP contribution >= 0.6 is 0 Å². The average Bonchev–Trinajstić information content (AvgIpc) is 2.71. The second-order valence-electron chi connectivity index (χ2n) is 6.93. The maximum absolute atomic E-state index is 13.7. The van der Waals surface area contributed by atoms with Crippen LogP contribution in [0.3, 0.4) is 0 Å². The molecule has 0 saturated carbocycles. The molecule has 0 atom stereocenters. The summed E-state index contributed by atoms with van der Waals surface area (Å²) in [5.74, 6) is -0.338. The van der Waals surface area contributed by atoms with Gasteiger partial charge in [0.05, 0.1) is 11.3 Å². The molecule has 0 radical (unpaired) electrons. The molecule has 0 aliphatic heterocycles. The van der Waals surface area contributed by atoms with Crippen LogP contribution < -0.4 is 0 Å². The Bertz CT molecular complexity index is 1400. The second-order valence-corrected chi connectivity index (χ2v) is 6.93. The van der Waals surface area contributed by atoms with E-state index in [0.29, 0.717) is 16.6 Å². The van der Waals surface area contributed by atoms with Crippen LogP contribution in [0.5, 0.6) is 0 Å². The minimum atomic E-state index is -4.48. The Morgan fingerprint density at radius 3 is 2.24 bits per heavy atom. The zero-order chi connectivity index (χ0) is 20.2. The molecule has 142 valence electrons. The fourth-order valence-electron chi connectivity index (χ4n) is 3.88. The third-order valence-electron chi connectivity index (χ3n) is 5.16. The van der Waals surface area contributed by atoms with Gasteiger partial charge in [-0.1, -0.05) is 42.5 Å². The molecule has 29 heavy (non-hydrogen) atoms. The normalized spacial score (nSPS) is 12.1. The largest absolute Gasteiger partial charge is 0.417 e. The molecule has 5 aromatic rings. The maximum Gasteiger partial charge on any atom is 0.417 e. The number of aromatic nitrogens is 1. The first-order valence-electron chi connectivity index (χ1n) is 8.99. The molecular weight excluding hydrogens is 378 g/mol. The lowest BCUT2D eigenvalue weighted by Crippen LogP contribution is -2.06. The van der Waals surface area contributed by atoms with Gasteiger partial charge in [0.2, 0.25) is 0 Å². The van der Waals surface area contributed by atoms with E-state index >= 15 is 0 Å². The third kappa shape index (κ3) is 2.90. The summed E-state index contributed by atoms with van der Waals surface area (Å²) in [6.07, 6.45) is -2.91. The fourth-order valence-corrected chi connectivity index (χ4v) is 3.88. The van der Waals surface area contributed by atoms with Crippen molar-refractivity contribution < 1.29 is 17.6 Å². The molecule has 0 amide bonds. The molecule has 5 rings (SSSR count). The van der Waals surface area contributed by atoms with Crippen molar-refractivity contribution in [2.75, 3.05) is 0 Å². The van der Waals surface area contributed by atoms with Crippen molar-refractivity contribution >= 4 is 32.3 Å². The first kappa shape index (κ1) is 17.6. The second kappa shape index (κ2) is 6.27. The number of benzene rings is 4. The van der Waals surface area contributed by atoms with Gasteiger partial charge in [0.15, 0.2) is 0 Å². The van der Waals surface area contributed by atoms with E-state index in [9.17, 15) is 17.6 Å². The van der Waals surface area contributed by atoms with Crippen molar-refractivity contribution in [3.05, 3.63) is 90.4 Å². The number of alkyl halides is 3. The third-order valence-corrected chi connectivity index (χ3v) is 5.16. The van der Waals surface area contributed by atoms with Crippen molar-refractivity contribution in [1.29, 1.82) is 0 Å². The highest BCUT2D eigenvalue weighted by atomic mass is 19.4. The molecule has 0 fully saturated rings. The van der Waals surface area contributed by atoms with Crippen molar-refractivity contribution in [2.24, 2.45) is 0 Å². The van der Waals surface area contributed by atoms with Gasteiger partial charge in [0.25, 0.3) is 0 Å². The van der Waals surface area contributed by atoms with Crippen LogP contribution in [0.4, 0.5) is 17.6 Å². The molecule has 0 bridgehead atoms. The predicted octanol–water partition coefficient (Wildman–Crippen LogP) is 7.37. The molecule has 4 aromatic carbocycles. The molecule has 0 saturated heterocycles. The summed E-state index contributed by atoms with van der Waals surface area (Å²) >= 11 is 0. The number of rotatable bonds is 1. The lowest BCUT2D eigenvalue weighted by atomic mass is 9.95. The van der Waals surface area contributed by atoms with Crippen molar-refractivity contribution in [1.82, 2.24) is 4.98 Å². The number of halogens is 4. The highest BCUT2D eigenvalue weighted by Gasteiger charge is 2.33.